The van der Waals surface area contributed by atoms with Crippen LogP contribution in [0, 0.1) is 0 Å². The number of hydrogen-bond acceptors (Lipinski definition) is 8. The Labute approximate surface area is 147 Å². The molecule has 2 aromatic heterocycles. The summed E-state index contributed by atoms with van der Waals surface area (Å²) in [6.45, 7) is 0. The van der Waals surface area contributed by atoms with E-state index < -0.39 is 11.9 Å². The fraction of sp³-hybridized carbons (Fsp3) is 0.111. The molecule has 0 aliphatic rings. The summed E-state index contributed by atoms with van der Waals surface area (Å²) in [6.07, 6.45) is 0. The first-order valence-corrected chi connectivity index (χ1v) is 7.41. The molecule has 0 fully saturated rings. The van der Waals surface area contributed by atoms with Crippen molar-refractivity contribution in [2.75, 3.05) is 14.2 Å². The van der Waals surface area contributed by atoms with E-state index >= 15 is 0 Å². The number of esters is 2. The Bertz CT molecular complexity index is 828. The van der Waals surface area contributed by atoms with Crippen molar-refractivity contribution in [1.82, 2.24) is 0 Å². The van der Waals surface area contributed by atoms with E-state index in [1.54, 1.807) is 24.3 Å². The lowest BCUT2D eigenvalue weighted by molar-refractivity contribution is 0.0552. The van der Waals surface area contributed by atoms with Gasteiger partial charge in [0.1, 0.15) is 11.5 Å². The van der Waals surface area contributed by atoms with E-state index in [-0.39, 0.29) is 23.4 Å². The maximum absolute atomic E-state index is 11.3. The van der Waals surface area contributed by atoms with E-state index in [9.17, 15) is 9.59 Å². The molecule has 0 radical (unpaired) electrons. The van der Waals surface area contributed by atoms with E-state index in [1.165, 1.54) is 38.5 Å². The standard InChI is InChI=1S/C18H14O8/c1-21-17(19)13-7-9-15(25-13)23-11-3-5-12(6-4-11)24-16-10-8-14(26-16)18(20)22-2/h3-10H,1-2H3. The van der Waals surface area contributed by atoms with Gasteiger partial charge in [0.2, 0.25) is 11.5 Å². The Hall–Kier alpha value is -3.68. The first-order valence-electron chi connectivity index (χ1n) is 7.41. The largest absolute Gasteiger partial charge is 0.463 e. The molecule has 0 amide bonds. The van der Waals surface area contributed by atoms with Crippen LogP contribution in [0.2, 0.25) is 0 Å². The Balaban J connectivity index is 1.63. The Kier molecular flexibility index (Phi) is 4.93. The van der Waals surface area contributed by atoms with Crippen molar-refractivity contribution in [3.8, 4) is 23.4 Å². The predicted molar refractivity (Wildman–Crippen MR) is 86.7 cm³/mol. The SMILES string of the molecule is COC(=O)c1ccc(Oc2ccc(Oc3ccc(C(=O)OC)o3)cc2)o1. The zero-order valence-electron chi connectivity index (χ0n) is 13.9. The summed E-state index contributed by atoms with van der Waals surface area (Å²) >= 11 is 0. The number of furan rings is 2. The maximum Gasteiger partial charge on any atom is 0.374 e. The maximum atomic E-state index is 11.3. The van der Waals surface area contributed by atoms with Crippen molar-refractivity contribution in [1.29, 1.82) is 0 Å². The summed E-state index contributed by atoms with van der Waals surface area (Å²) in [7, 11) is 2.52. The average Bonchev–Trinajstić information content (AvgIpc) is 3.32. The summed E-state index contributed by atoms with van der Waals surface area (Å²) in [5.41, 5.74) is 0. The molecular weight excluding hydrogens is 344 g/mol. The quantitative estimate of drug-likeness (QED) is 0.609. The highest BCUT2D eigenvalue weighted by atomic mass is 16.6. The molecule has 0 saturated heterocycles. The van der Waals surface area contributed by atoms with Gasteiger partial charge >= 0.3 is 11.9 Å². The molecule has 8 nitrogen and oxygen atoms in total. The molecule has 0 aliphatic carbocycles. The van der Waals surface area contributed by atoms with E-state index in [0.717, 1.165) is 0 Å². The van der Waals surface area contributed by atoms with Gasteiger partial charge in [-0.15, -0.1) is 0 Å². The molecule has 1 aromatic carbocycles. The van der Waals surface area contributed by atoms with Crippen molar-refractivity contribution in [2.24, 2.45) is 0 Å². The van der Waals surface area contributed by atoms with Crippen LogP contribution in [0.5, 0.6) is 23.4 Å². The minimum Gasteiger partial charge on any atom is -0.463 e. The molecule has 0 bridgehead atoms. The van der Waals surface area contributed by atoms with Gasteiger partial charge in [-0.05, 0) is 36.4 Å². The summed E-state index contributed by atoms with van der Waals surface area (Å²) in [4.78, 5) is 22.7. The second-order valence-corrected chi connectivity index (χ2v) is 4.90. The molecule has 0 atom stereocenters. The van der Waals surface area contributed by atoms with Crippen LogP contribution in [0.15, 0.2) is 57.4 Å². The van der Waals surface area contributed by atoms with Crippen molar-refractivity contribution in [3.05, 3.63) is 60.1 Å². The number of carbonyl (C=O) groups excluding carboxylic acids is 2. The first-order chi connectivity index (χ1) is 12.6. The second-order valence-electron chi connectivity index (χ2n) is 4.90. The molecule has 3 rings (SSSR count). The first kappa shape index (κ1) is 17.2. The van der Waals surface area contributed by atoms with Crippen LogP contribution < -0.4 is 9.47 Å². The smallest absolute Gasteiger partial charge is 0.374 e. The highest BCUT2D eigenvalue weighted by Crippen LogP contribution is 2.28. The van der Waals surface area contributed by atoms with Gasteiger partial charge in [-0.3, -0.25) is 0 Å². The fourth-order valence-corrected chi connectivity index (χ4v) is 1.98. The molecule has 134 valence electrons. The third kappa shape index (κ3) is 3.86. The lowest BCUT2D eigenvalue weighted by atomic mass is 10.3. The third-order valence-corrected chi connectivity index (χ3v) is 3.20. The number of ether oxygens (including phenoxy) is 4. The van der Waals surface area contributed by atoms with Gasteiger partial charge < -0.3 is 27.8 Å². The Morgan fingerprint density at radius 2 is 1.04 bits per heavy atom. The molecule has 8 heteroatoms. The Morgan fingerprint density at radius 3 is 1.38 bits per heavy atom. The summed E-state index contributed by atoms with van der Waals surface area (Å²) in [6, 6.07) is 12.5. The summed E-state index contributed by atoms with van der Waals surface area (Å²) in [5, 5.41) is 0. The molecule has 0 N–H and O–H groups in total. The number of hydrogen-bond donors (Lipinski definition) is 0. The van der Waals surface area contributed by atoms with Gasteiger partial charge in [0, 0.05) is 12.1 Å². The molecule has 0 saturated carbocycles. The third-order valence-electron chi connectivity index (χ3n) is 3.20. The van der Waals surface area contributed by atoms with Gasteiger partial charge in [0.25, 0.3) is 11.9 Å². The molecule has 0 spiro atoms. The minimum absolute atomic E-state index is 0.0432. The zero-order valence-corrected chi connectivity index (χ0v) is 13.9. The van der Waals surface area contributed by atoms with Crippen LogP contribution in [-0.4, -0.2) is 26.2 Å². The van der Waals surface area contributed by atoms with Crippen molar-refractivity contribution in [2.45, 2.75) is 0 Å². The monoisotopic (exact) mass is 358 g/mol. The topological polar surface area (TPSA) is 97.3 Å². The van der Waals surface area contributed by atoms with E-state index in [1.807, 2.05) is 0 Å². The van der Waals surface area contributed by atoms with Gasteiger partial charge in [-0.1, -0.05) is 0 Å². The number of benzene rings is 1. The van der Waals surface area contributed by atoms with E-state index in [0.29, 0.717) is 11.5 Å². The van der Waals surface area contributed by atoms with Gasteiger partial charge in [-0.25, -0.2) is 9.59 Å². The average molecular weight is 358 g/mol. The van der Waals surface area contributed by atoms with Crippen LogP contribution in [0.4, 0.5) is 0 Å². The highest BCUT2D eigenvalue weighted by Gasteiger charge is 2.13. The van der Waals surface area contributed by atoms with Crippen LogP contribution in [-0.2, 0) is 9.47 Å². The molecule has 2 heterocycles. The lowest BCUT2D eigenvalue weighted by Gasteiger charge is -2.04. The van der Waals surface area contributed by atoms with Gasteiger partial charge in [-0.2, -0.15) is 0 Å². The van der Waals surface area contributed by atoms with Gasteiger partial charge in [0.05, 0.1) is 14.2 Å². The lowest BCUT2D eigenvalue weighted by Crippen LogP contribution is -1.98. The van der Waals surface area contributed by atoms with Crippen molar-refractivity contribution >= 4 is 11.9 Å². The van der Waals surface area contributed by atoms with Crippen LogP contribution in [0.3, 0.4) is 0 Å². The predicted octanol–water partition coefficient (Wildman–Crippen LogP) is 4.03. The van der Waals surface area contributed by atoms with E-state index in [2.05, 4.69) is 9.47 Å². The summed E-state index contributed by atoms with van der Waals surface area (Å²) in [5.74, 6) is 0.140. The normalized spacial score (nSPS) is 10.2. The van der Waals surface area contributed by atoms with E-state index in [4.69, 9.17) is 18.3 Å². The van der Waals surface area contributed by atoms with Crippen LogP contribution in [0.25, 0.3) is 0 Å². The molecule has 0 aliphatic heterocycles. The molecule has 26 heavy (non-hydrogen) atoms. The Morgan fingerprint density at radius 1 is 0.654 bits per heavy atom. The minimum atomic E-state index is -0.589. The van der Waals surface area contributed by atoms with Crippen LogP contribution in [0.1, 0.15) is 21.1 Å². The fourth-order valence-electron chi connectivity index (χ4n) is 1.98. The zero-order chi connectivity index (χ0) is 18.5. The van der Waals surface area contributed by atoms with Crippen LogP contribution >= 0.6 is 0 Å². The number of rotatable bonds is 6. The summed E-state index contributed by atoms with van der Waals surface area (Å²) < 4.78 is 30.5. The molecule has 0 unspecified atom stereocenters. The van der Waals surface area contributed by atoms with Gasteiger partial charge in [0.15, 0.2) is 0 Å². The van der Waals surface area contributed by atoms with Crippen molar-refractivity contribution in [3.63, 3.8) is 0 Å². The highest BCUT2D eigenvalue weighted by molar-refractivity contribution is 5.86. The molecule has 3 aromatic rings. The molecular formula is C18H14O8. The number of methoxy groups -OCH3 is 2. The second kappa shape index (κ2) is 7.47. The van der Waals surface area contributed by atoms with Crippen molar-refractivity contribution < 1.29 is 37.4 Å². The number of carbonyl (C=O) groups is 2.